The van der Waals surface area contributed by atoms with Gasteiger partial charge in [0.15, 0.2) is 0 Å². The lowest BCUT2D eigenvalue weighted by Gasteiger charge is -2.29. The molecule has 0 spiro atoms. The summed E-state index contributed by atoms with van der Waals surface area (Å²) in [6.45, 7) is 2.39. The Kier molecular flexibility index (Phi) is 23.5. The minimum atomic E-state index is -2.73. The first kappa shape index (κ1) is 41.1. The van der Waals surface area contributed by atoms with E-state index in [2.05, 4.69) is 0 Å². The van der Waals surface area contributed by atoms with Crippen LogP contribution < -0.4 is 0 Å². The standard InChI is InChI=1S/C24H57NO13Si3/c1-28-39(29-2,30-3)16-10-13-25(19-23(26)21-37-14-11-17-40(31-4,32-5)33-6)20-24(27)22-38-15-12-18-41(34-7,35-8)36-9/h23-24,26-27H,10-22H2,1-9H3. The average molecular weight is 652 g/mol. The van der Waals surface area contributed by atoms with Crippen LogP contribution in [0.1, 0.15) is 19.3 Å². The summed E-state index contributed by atoms with van der Waals surface area (Å²) in [5.41, 5.74) is 0. The topological polar surface area (TPSA) is 145 Å². The number of ether oxygens (including phenoxy) is 2. The van der Waals surface area contributed by atoms with Crippen LogP contribution in [0.2, 0.25) is 18.1 Å². The fraction of sp³-hybridized carbons (Fsp3) is 1.00. The number of hydrogen-bond acceptors (Lipinski definition) is 14. The van der Waals surface area contributed by atoms with Gasteiger partial charge >= 0.3 is 26.4 Å². The van der Waals surface area contributed by atoms with Crippen LogP contribution in [0.4, 0.5) is 0 Å². The van der Waals surface area contributed by atoms with Crippen molar-refractivity contribution in [3.8, 4) is 0 Å². The van der Waals surface area contributed by atoms with Crippen LogP contribution in [0.5, 0.6) is 0 Å². The first-order chi connectivity index (χ1) is 19.6. The van der Waals surface area contributed by atoms with Crippen molar-refractivity contribution in [3.05, 3.63) is 0 Å². The van der Waals surface area contributed by atoms with E-state index < -0.39 is 38.6 Å². The highest BCUT2D eigenvalue weighted by Crippen LogP contribution is 2.17. The van der Waals surface area contributed by atoms with E-state index in [1.165, 1.54) is 0 Å². The maximum Gasteiger partial charge on any atom is 0.500 e. The fourth-order valence-corrected chi connectivity index (χ4v) is 9.45. The van der Waals surface area contributed by atoms with Crippen LogP contribution in [-0.4, -0.2) is 164 Å². The number of nitrogens with zero attached hydrogens (tertiary/aromatic N) is 1. The Labute approximate surface area is 250 Å². The van der Waals surface area contributed by atoms with Crippen LogP contribution >= 0.6 is 0 Å². The molecule has 0 bridgehead atoms. The van der Waals surface area contributed by atoms with Crippen LogP contribution in [-0.2, 0) is 49.3 Å². The number of hydrogen-bond donors (Lipinski definition) is 2. The summed E-state index contributed by atoms with van der Waals surface area (Å²) < 4.78 is 60.5. The molecule has 0 aliphatic heterocycles. The van der Waals surface area contributed by atoms with Gasteiger partial charge in [-0.25, -0.2) is 0 Å². The van der Waals surface area contributed by atoms with Crippen LogP contribution in [0.3, 0.4) is 0 Å². The lowest BCUT2D eigenvalue weighted by Crippen LogP contribution is -2.45. The Morgan fingerprint density at radius 3 is 1.07 bits per heavy atom. The zero-order valence-electron chi connectivity index (χ0n) is 26.7. The van der Waals surface area contributed by atoms with E-state index in [4.69, 9.17) is 49.3 Å². The Hall–Kier alpha value is 0.0906. The van der Waals surface area contributed by atoms with Crippen molar-refractivity contribution in [2.45, 2.75) is 49.6 Å². The number of aliphatic hydroxyl groups excluding tert-OH is 2. The van der Waals surface area contributed by atoms with Gasteiger partial charge in [0.25, 0.3) is 0 Å². The highest BCUT2D eigenvalue weighted by atomic mass is 28.4. The van der Waals surface area contributed by atoms with Gasteiger partial charge < -0.3 is 59.5 Å². The second kappa shape index (κ2) is 23.5. The lowest BCUT2D eigenvalue weighted by atomic mass is 10.2. The zero-order chi connectivity index (χ0) is 31.2. The molecule has 0 aliphatic carbocycles. The quantitative estimate of drug-likeness (QED) is 0.0871. The van der Waals surface area contributed by atoms with Gasteiger partial charge in [-0.1, -0.05) is 0 Å². The number of aliphatic hydroxyl groups is 2. The predicted octanol–water partition coefficient (Wildman–Crippen LogP) is 0.848. The highest BCUT2D eigenvalue weighted by Gasteiger charge is 2.38. The van der Waals surface area contributed by atoms with Crippen molar-refractivity contribution in [2.24, 2.45) is 0 Å². The Morgan fingerprint density at radius 1 is 0.488 bits per heavy atom. The molecule has 2 unspecified atom stereocenters. The maximum atomic E-state index is 10.7. The molecule has 0 saturated heterocycles. The average Bonchev–Trinajstić information content (AvgIpc) is 3.00. The van der Waals surface area contributed by atoms with Crippen molar-refractivity contribution < 1.29 is 59.5 Å². The zero-order valence-corrected chi connectivity index (χ0v) is 29.7. The molecule has 0 rings (SSSR count). The second-order valence-electron chi connectivity index (χ2n) is 9.41. The molecule has 248 valence electrons. The molecule has 0 aromatic heterocycles. The molecule has 41 heavy (non-hydrogen) atoms. The minimum Gasteiger partial charge on any atom is -0.389 e. The largest absolute Gasteiger partial charge is 0.500 e. The van der Waals surface area contributed by atoms with E-state index in [9.17, 15) is 10.2 Å². The highest BCUT2D eigenvalue weighted by molar-refractivity contribution is 6.61. The third kappa shape index (κ3) is 16.1. The van der Waals surface area contributed by atoms with Crippen LogP contribution in [0.25, 0.3) is 0 Å². The molecule has 0 fully saturated rings. The predicted molar refractivity (Wildman–Crippen MR) is 159 cm³/mol. The minimum absolute atomic E-state index is 0.154. The Bertz CT molecular complexity index is 555. The summed E-state index contributed by atoms with van der Waals surface area (Å²) in [6, 6.07) is 1.82. The van der Waals surface area contributed by atoms with Crippen molar-refractivity contribution in [1.29, 1.82) is 0 Å². The lowest BCUT2D eigenvalue weighted by molar-refractivity contribution is -0.0109. The van der Waals surface area contributed by atoms with E-state index in [-0.39, 0.29) is 13.2 Å². The molecule has 2 atom stereocenters. The van der Waals surface area contributed by atoms with Gasteiger partial charge in [0.1, 0.15) is 0 Å². The van der Waals surface area contributed by atoms with Gasteiger partial charge in [0, 0.05) is 108 Å². The van der Waals surface area contributed by atoms with Gasteiger partial charge in [0.05, 0.1) is 25.4 Å². The molecule has 0 aromatic carbocycles. The summed E-state index contributed by atoms with van der Waals surface area (Å²) in [4.78, 5) is 1.99. The van der Waals surface area contributed by atoms with Crippen molar-refractivity contribution in [3.63, 3.8) is 0 Å². The van der Waals surface area contributed by atoms with E-state index in [1.807, 2.05) is 4.90 Å². The molecule has 0 saturated carbocycles. The van der Waals surface area contributed by atoms with Crippen LogP contribution in [0, 0.1) is 0 Å². The molecule has 0 amide bonds. The van der Waals surface area contributed by atoms with E-state index >= 15 is 0 Å². The monoisotopic (exact) mass is 651 g/mol. The van der Waals surface area contributed by atoms with Gasteiger partial charge in [-0.15, -0.1) is 0 Å². The van der Waals surface area contributed by atoms with Gasteiger partial charge in [-0.3, -0.25) is 4.90 Å². The Balaban J connectivity index is 4.82. The molecular weight excluding hydrogens is 595 g/mol. The first-order valence-electron chi connectivity index (χ1n) is 13.8. The first-order valence-corrected chi connectivity index (χ1v) is 19.6. The molecule has 14 nitrogen and oxygen atoms in total. The van der Waals surface area contributed by atoms with E-state index in [1.54, 1.807) is 64.0 Å². The third-order valence-corrected chi connectivity index (χ3v) is 15.4. The molecular formula is C24H57NO13Si3. The third-order valence-electron chi connectivity index (χ3n) is 6.86. The smallest absolute Gasteiger partial charge is 0.389 e. The molecule has 0 aliphatic rings. The van der Waals surface area contributed by atoms with Gasteiger partial charge in [-0.2, -0.15) is 0 Å². The summed E-state index contributed by atoms with van der Waals surface area (Å²) >= 11 is 0. The van der Waals surface area contributed by atoms with Crippen molar-refractivity contribution in [1.82, 2.24) is 4.90 Å². The molecule has 2 N–H and O–H groups in total. The fourth-order valence-electron chi connectivity index (χ4n) is 4.37. The Morgan fingerprint density at radius 2 is 0.780 bits per heavy atom. The molecule has 0 heterocycles. The summed E-state index contributed by atoms with van der Waals surface area (Å²) in [5.74, 6) is 0. The molecule has 17 heteroatoms. The van der Waals surface area contributed by atoms with Crippen LogP contribution in [0.15, 0.2) is 0 Å². The van der Waals surface area contributed by atoms with Crippen molar-refractivity contribution >= 4 is 26.4 Å². The van der Waals surface area contributed by atoms with Gasteiger partial charge in [-0.05, 0) is 25.8 Å². The summed E-state index contributed by atoms with van der Waals surface area (Å²) in [7, 11) is 6.17. The van der Waals surface area contributed by atoms with Crippen molar-refractivity contribution in [2.75, 3.05) is 110 Å². The second-order valence-corrected chi connectivity index (χ2v) is 18.7. The SMILES string of the molecule is CO[Si](CCCOCC(O)CN(CCC[Si](OC)(OC)OC)CC(O)COCCC[Si](OC)(OC)OC)(OC)OC. The van der Waals surface area contributed by atoms with E-state index in [0.717, 1.165) is 0 Å². The maximum absolute atomic E-state index is 10.7. The molecule has 0 aromatic rings. The normalized spacial score (nSPS) is 14.6. The van der Waals surface area contributed by atoms with Gasteiger partial charge in [0.2, 0.25) is 0 Å². The number of rotatable bonds is 29. The molecule has 0 radical (unpaired) electrons. The summed E-state index contributed by atoms with van der Waals surface area (Å²) in [5, 5.41) is 21.4. The van der Waals surface area contributed by atoms with E-state index in [0.29, 0.717) is 70.2 Å². The summed E-state index contributed by atoms with van der Waals surface area (Å²) in [6.07, 6.45) is 0.547.